The van der Waals surface area contributed by atoms with Crippen LogP contribution in [0.4, 0.5) is 10.1 Å². The molecule has 1 N–H and O–H groups in total. The van der Waals surface area contributed by atoms with E-state index in [1.54, 1.807) is 0 Å². The molecule has 150 valence electrons. The average molecular weight is 427 g/mol. The largest absolute Gasteiger partial charge is 0.325 e. The highest BCUT2D eigenvalue weighted by molar-refractivity contribution is 7.89. The monoisotopic (exact) mass is 426 g/mol. The van der Waals surface area contributed by atoms with Crippen LogP contribution in [0.2, 0.25) is 5.02 Å². The molecule has 6 nitrogen and oxygen atoms in total. The molecule has 9 heteroatoms. The number of nitrogens with zero attached hydrogens (tertiary/aromatic N) is 1. The Morgan fingerprint density at radius 1 is 1.14 bits per heavy atom. The number of hydrogen-bond donors (Lipinski definition) is 1. The van der Waals surface area contributed by atoms with E-state index in [-0.39, 0.29) is 41.0 Å². The van der Waals surface area contributed by atoms with E-state index in [0.717, 1.165) is 10.4 Å². The molecule has 1 amide bonds. The van der Waals surface area contributed by atoms with Gasteiger partial charge in [0.2, 0.25) is 15.9 Å². The van der Waals surface area contributed by atoms with Gasteiger partial charge in [-0.05, 0) is 43.7 Å². The zero-order chi connectivity index (χ0) is 20.9. The Morgan fingerprint density at radius 3 is 2.36 bits per heavy atom. The first-order valence-corrected chi connectivity index (χ1v) is 10.3. The molecule has 0 heterocycles. The van der Waals surface area contributed by atoms with Gasteiger partial charge in [0.25, 0.3) is 0 Å². The van der Waals surface area contributed by atoms with E-state index in [0.29, 0.717) is 11.3 Å². The number of carbonyl (C=O) groups excluding carboxylic acids is 2. The van der Waals surface area contributed by atoms with Crippen LogP contribution in [0.3, 0.4) is 0 Å². The Balaban J connectivity index is 1.90. The molecule has 0 aliphatic heterocycles. The summed E-state index contributed by atoms with van der Waals surface area (Å²) in [5, 5.41) is 2.65. The maximum atomic E-state index is 13.0. The molecule has 0 saturated heterocycles. The van der Waals surface area contributed by atoms with E-state index in [2.05, 4.69) is 5.32 Å². The quantitative estimate of drug-likeness (QED) is 0.652. The number of halogens is 2. The summed E-state index contributed by atoms with van der Waals surface area (Å²) < 4.78 is 39.2. The molecule has 0 unspecified atom stereocenters. The van der Waals surface area contributed by atoms with Crippen molar-refractivity contribution in [1.29, 1.82) is 0 Å². The van der Waals surface area contributed by atoms with E-state index >= 15 is 0 Å². The van der Waals surface area contributed by atoms with Crippen LogP contribution in [0.1, 0.15) is 30.1 Å². The fourth-order valence-electron chi connectivity index (χ4n) is 2.43. The van der Waals surface area contributed by atoms with Crippen molar-refractivity contribution >= 4 is 39.0 Å². The first kappa shape index (κ1) is 22.0. The standard InChI is InChI=1S/C19H20ClFN2O4S/c1-13(24)14-5-8-16(9-6-14)28(26,27)23(2)11-3-4-19(25)22-18-10-7-15(21)12-17(18)20/h5-10,12H,3-4,11H2,1-2H3,(H,22,25). The zero-order valence-electron chi connectivity index (χ0n) is 15.4. The van der Waals surface area contributed by atoms with Crippen LogP contribution in [-0.2, 0) is 14.8 Å². The number of Topliss-reactive ketones (excluding diaryl/α,β-unsaturated/α-hetero) is 1. The summed E-state index contributed by atoms with van der Waals surface area (Å²) in [6.07, 6.45) is 0.350. The van der Waals surface area contributed by atoms with Gasteiger partial charge in [-0.15, -0.1) is 0 Å². The van der Waals surface area contributed by atoms with Crippen molar-refractivity contribution < 1.29 is 22.4 Å². The number of anilines is 1. The number of ketones is 1. The SMILES string of the molecule is CC(=O)c1ccc(S(=O)(=O)N(C)CCCC(=O)Nc2ccc(F)cc2Cl)cc1. The van der Waals surface area contributed by atoms with Gasteiger partial charge >= 0.3 is 0 Å². The number of amides is 1. The predicted molar refractivity (Wildman–Crippen MR) is 106 cm³/mol. The number of hydrogen-bond acceptors (Lipinski definition) is 4. The topological polar surface area (TPSA) is 83.6 Å². The van der Waals surface area contributed by atoms with E-state index in [1.165, 1.54) is 50.4 Å². The third kappa shape index (κ3) is 5.60. The van der Waals surface area contributed by atoms with Gasteiger partial charge in [-0.3, -0.25) is 9.59 Å². The predicted octanol–water partition coefficient (Wildman–Crippen LogP) is 3.72. The van der Waals surface area contributed by atoms with Crippen molar-refractivity contribution in [2.24, 2.45) is 0 Å². The number of nitrogens with one attached hydrogen (secondary N) is 1. The lowest BCUT2D eigenvalue weighted by Gasteiger charge is -2.17. The lowest BCUT2D eigenvalue weighted by Crippen LogP contribution is -2.28. The Morgan fingerprint density at radius 2 is 1.79 bits per heavy atom. The summed E-state index contributed by atoms with van der Waals surface area (Å²) in [6, 6.07) is 9.31. The highest BCUT2D eigenvalue weighted by Gasteiger charge is 2.21. The van der Waals surface area contributed by atoms with Crippen molar-refractivity contribution in [2.75, 3.05) is 18.9 Å². The Kier molecular flexibility index (Phi) is 7.29. The van der Waals surface area contributed by atoms with Crippen molar-refractivity contribution in [1.82, 2.24) is 4.31 Å². The van der Waals surface area contributed by atoms with E-state index in [4.69, 9.17) is 11.6 Å². The van der Waals surface area contributed by atoms with Crippen molar-refractivity contribution in [3.8, 4) is 0 Å². The van der Waals surface area contributed by atoms with Gasteiger partial charge in [-0.1, -0.05) is 23.7 Å². The maximum Gasteiger partial charge on any atom is 0.242 e. The summed E-state index contributed by atoms with van der Waals surface area (Å²) in [5.74, 6) is -1.01. The normalized spacial score (nSPS) is 11.5. The van der Waals surface area contributed by atoms with Gasteiger partial charge in [-0.2, -0.15) is 0 Å². The molecule has 0 spiro atoms. The third-order valence-corrected chi connectivity index (χ3v) is 6.23. The molecule has 2 aromatic carbocycles. The number of rotatable bonds is 8. The molecular formula is C19H20ClFN2O4S. The maximum absolute atomic E-state index is 13.0. The Bertz CT molecular complexity index is 978. The second-order valence-electron chi connectivity index (χ2n) is 6.18. The average Bonchev–Trinajstić information content (AvgIpc) is 2.64. The van der Waals surface area contributed by atoms with Crippen LogP contribution in [-0.4, -0.2) is 38.0 Å². The minimum atomic E-state index is -3.72. The van der Waals surface area contributed by atoms with Gasteiger partial charge in [-0.25, -0.2) is 17.1 Å². The second kappa shape index (κ2) is 9.27. The summed E-state index contributed by atoms with van der Waals surface area (Å²) in [5.41, 5.74) is 0.720. The fraction of sp³-hybridized carbons (Fsp3) is 0.263. The first-order valence-electron chi connectivity index (χ1n) is 8.43. The van der Waals surface area contributed by atoms with Crippen LogP contribution in [0.25, 0.3) is 0 Å². The molecule has 0 atom stereocenters. The summed E-state index contributed by atoms with van der Waals surface area (Å²) in [4.78, 5) is 23.3. The van der Waals surface area contributed by atoms with Crippen LogP contribution in [0, 0.1) is 5.82 Å². The molecule has 0 aliphatic carbocycles. The van der Waals surface area contributed by atoms with E-state index in [9.17, 15) is 22.4 Å². The van der Waals surface area contributed by atoms with Crippen molar-refractivity contribution in [3.63, 3.8) is 0 Å². The van der Waals surface area contributed by atoms with Gasteiger partial charge in [0.05, 0.1) is 15.6 Å². The van der Waals surface area contributed by atoms with Crippen LogP contribution < -0.4 is 5.32 Å². The number of sulfonamides is 1. The molecule has 0 fully saturated rings. The molecule has 2 aromatic rings. The second-order valence-corrected chi connectivity index (χ2v) is 8.64. The van der Waals surface area contributed by atoms with Crippen LogP contribution in [0.15, 0.2) is 47.4 Å². The van der Waals surface area contributed by atoms with Crippen LogP contribution in [0.5, 0.6) is 0 Å². The summed E-state index contributed by atoms with van der Waals surface area (Å²) >= 11 is 5.85. The molecule has 0 saturated carbocycles. The van der Waals surface area contributed by atoms with Gasteiger partial charge in [0.15, 0.2) is 5.78 Å². The Labute approximate surface area is 168 Å². The highest BCUT2D eigenvalue weighted by Crippen LogP contribution is 2.22. The first-order chi connectivity index (χ1) is 13.1. The molecule has 28 heavy (non-hydrogen) atoms. The van der Waals surface area contributed by atoms with Gasteiger partial charge in [0, 0.05) is 25.6 Å². The third-order valence-electron chi connectivity index (χ3n) is 4.05. The minimum absolute atomic E-state index is 0.0663. The highest BCUT2D eigenvalue weighted by atomic mass is 35.5. The summed E-state index contributed by atoms with van der Waals surface area (Å²) in [6.45, 7) is 1.53. The molecule has 2 rings (SSSR count). The molecule has 0 aliphatic rings. The van der Waals surface area contributed by atoms with E-state index in [1.807, 2.05) is 0 Å². The fourth-order valence-corrected chi connectivity index (χ4v) is 3.85. The van der Waals surface area contributed by atoms with Crippen molar-refractivity contribution in [3.05, 3.63) is 58.9 Å². The lowest BCUT2D eigenvalue weighted by molar-refractivity contribution is -0.116. The molecule has 0 aromatic heterocycles. The minimum Gasteiger partial charge on any atom is -0.325 e. The molecular weight excluding hydrogens is 407 g/mol. The smallest absolute Gasteiger partial charge is 0.242 e. The zero-order valence-corrected chi connectivity index (χ0v) is 17.0. The molecule has 0 radical (unpaired) electrons. The van der Waals surface area contributed by atoms with E-state index < -0.39 is 15.8 Å². The number of benzene rings is 2. The summed E-state index contributed by atoms with van der Waals surface area (Å²) in [7, 11) is -2.30. The van der Waals surface area contributed by atoms with Crippen LogP contribution >= 0.6 is 11.6 Å². The lowest BCUT2D eigenvalue weighted by atomic mass is 10.2. The van der Waals surface area contributed by atoms with Gasteiger partial charge < -0.3 is 5.32 Å². The Hall–Kier alpha value is -2.29. The van der Waals surface area contributed by atoms with Gasteiger partial charge in [0.1, 0.15) is 5.82 Å². The molecule has 0 bridgehead atoms. The van der Waals surface area contributed by atoms with Crippen molar-refractivity contribution in [2.45, 2.75) is 24.7 Å². The number of carbonyl (C=O) groups is 2.